The minimum atomic E-state index is -0.607. The summed E-state index contributed by atoms with van der Waals surface area (Å²) < 4.78 is 34.8. The van der Waals surface area contributed by atoms with Crippen molar-refractivity contribution in [2.75, 3.05) is 104 Å². The number of benzene rings is 2. The summed E-state index contributed by atoms with van der Waals surface area (Å²) >= 11 is 4.08. The monoisotopic (exact) mass is 867 g/mol. The molecular weight excluding hydrogens is 811 g/mol. The number of thiol groups is 1. The van der Waals surface area contributed by atoms with E-state index in [2.05, 4.69) is 33.6 Å². The topological polar surface area (TPSA) is 202 Å². The van der Waals surface area contributed by atoms with Gasteiger partial charge in [0.1, 0.15) is 5.69 Å². The Kier molecular flexibility index (Phi) is 20.1. The number of amides is 5. The molecule has 61 heavy (non-hydrogen) atoms. The maximum Gasteiger partial charge on any atom is 0.242 e. The molecule has 2 N–H and O–H groups in total. The summed E-state index contributed by atoms with van der Waals surface area (Å²) in [6.07, 6.45) is 0.594. The Balaban J connectivity index is 0.974. The molecule has 19 heteroatoms. The van der Waals surface area contributed by atoms with Gasteiger partial charge in [-0.3, -0.25) is 28.9 Å². The van der Waals surface area contributed by atoms with Crippen molar-refractivity contribution in [3.63, 3.8) is 0 Å². The molecule has 332 valence electrons. The Bertz CT molecular complexity index is 1900. The van der Waals surface area contributed by atoms with E-state index >= 15 is 0 Å². The van der Waals surface area contributed by atoms with Crippen molar-refractivity contribution in [1.82, 2.24) is 30.5 Å². The number of hydrogen-bond acceptors (Lipinski definition) is 14. The standard InChI is InChI=1S/C42H57N7O11S/c1-2-55-21-22-59-28-25-58-20-13-38(52)48-30-31-7-3-4-8-32(31)41-40(33-9-5-6-10-34(33)48)45-46-49(41)17-15-44-37(51)12-19-57-24-27-60-26-23-56-18-11-36(50)43-14-16-47-39(53)29-35(61)42(47)54/h3-10,35,61H,2,11-30H2,1H3,(H,43,50)(H,44,51). The van der Waals surface area contributed by atoms with Gasteiger partial charge < -0.3 is 44.0 Å². The third-order valence-corrected chi connectivity index (χ3v) is 10.1. The fourth-order valence-corrected chi connectivity index (χ4v) is 6.93. The van der Waals surface area contributed by atoms with Crippen LogP contribution in [0.4, 0.5) is 5.69 Å². The summed E-state index contributed by atoms with van der Waals surface area (Å²) in [5, 5.41) is 14.1. The van der Waals surface area contributed by atoms with Crippen LogP contribution in [0.3, 0.4) is 0 Å². The largest absolute Gasteiger partial charge is 0.379 e. The molecule has 5 rings (SSSR count). The van der Waals surface area contributed by atoms with Gasteiger partial charge in [0.15, 0.2) is 0 Å². The molecule has 3 heterocycles. The molecule has 0 spiro atoms. The van der Waals surface area contributed by atoms with Crippen LogP contribution in [0, 0.1) is 0 Å². The maximum absolute atomic E-state index is 13.7. The lowest BCUT2D eigenvalue weighted by molar-refractivity contribution is -0.138. The first kappa shape index (κ1) is 47.3. The van der Waals surface area contributed by atoms with Crippen LogP contribution < -0.4 is 15.5 Å². The number of nitrogens with zero attached hydrogens (tertiary/aromatic N) is 5. The van der Waals surface area contributed by atoms with Crippen molar-refractivity contribution in [3.05, 3.63) is 54.1 Å². The van der Waals surface area contributed by atoms with Crippen LogP contribution in [0.2, 0.25) is 0 Å². The van der Waals surface area contributed by atoms with Crippen molar-refractivity contribution in [2.24, 2.45) is 0 Å². The highest BCUT2D eigenvalue weighted by Gasteiger charge is 2.36. The first-order chi connectivity index (χ1) is 29.8. The summed E-state index contributed by atoms with van der Waals surface area (Å²) in [5.41, 5.74) is 4.82. The third kappa shape index (κ3) is 14.7. The molecule has 3 aromatic rings. The fraction of sp³-hybridized carbons (Fsp3) is 0.548. The predicted molar refractivity (Wildman–Crippen MR) is 227 cm³/mol. The number of carbonyl (C=O) groups excluding carboxylic acids is 5. The van der Waals surface area contributed by atoms with E-state index in [0.717, 1.165) is 33.0 Å². The number of carbonyl (C=O) groups is 5. The summed E-state index contributed by atoms with van der Waals surface area (Å²) in [4.78, 5) is 64.9. The van der Waals surface area contributed by atoms with Gasteiger partial charge >= 0.3 is 0 Å². The molecule has 0 bridgehead atoms. The first-order valence-corrected chi connectivity index (χ1v) is 21.2. The second-order valence-electron chi connectivity index (χ2n) is 14.0. The zero-order chi connectivity index (χ0) is 43.2. The van der Waals surface area contributed by atoms with Crippen LogP contribution in [0.15, 0.2) is 48.5 Å². The van der Waals surface area contributed by atoms with Gasteiger partial charge in [-0.05, 0) is 18.6 Å². The lowest BCUT2D eigenvalue weighted by Crippen LogP contribution is -2.38. The minimum absolute atomic E-state index is 0.0733. The Morgan fingerprint density at radius 3 is 1.85 bits per heavy atom. The number of nitrogens with one attached hydrogen (secondary N) is 2. The van der Waals surface area contributed by atoms with Crippen LogP contribution in [0.25, 0.3) is 22.5 Å². The molecule has 18 nitrogen and oxygen atoms in total. The molecule has 2 aliphatic rings. The van der Waals surface area contributed by atoms with E-state index < -0.39 is 5.25 Å². The van der Waals surface area contributed by atoms with E-state index in [1.165, 1.54) is 0 Å². The zero-order valence-electron chi connectivity index (χ0n) is 34.7. The SMILES string of the molecule is CCOCCOCCOCCC(=O)N1Cc2ccccc2-c2c(nnn2CCNC(=O)CCOCCOCCOCCC(=O)NCCN2C(=O)CC(S)C2=O)-c2ccccc21. The molecule has 1 aromatic heterocycles. The molecule has 0 saturated carbocycles. The quantitative estimate of drug-likeness (QED) is 0.0545. The highest BCUT2D eigenvalue weighted by atomic mass is 32.1. The van der Waals surface area contributed by atoms with Crippen LogP contribution >= 0.6 is 12.6 Å². The number of hydrogen-bond donors (Lipinski definition) is 3. The molecule has 1 fully saturated rings. The number of likely N-dealkylation sites (tertiary alicyclic amines) is 1. The molecule has 5 amide bonds. The molecule has 1 atom stereocenters. The van der Waals surface area contributed by atoms with Crippen molar-refractivity contribution in [3.8, 4) is 22.5 Å². The van der Waals surface area contributed by atoms with Gasteiger partial charge in [0, 0.05) is 56.6 Å². The van der Waals surface area contributed by atoms with E-state index in [4.69, 9.17) is 28.4 Å². The summed E-state index contributed by atoms with van der Waals surface area (Å²) in [6, 6.07) is 15.6. The van der Waals surface area contributed by atoms with E-state index in [1.54, 1.807) is 9.58 Å². The Labute approximate surface area is 361 Å². The van der Waals surface area contributed by atoms with Crippen molar-refractivity contribution in [1.29, 1.82) is 0 Å². The summed E-state index contributed by atoms with van der Waals surface area (Å²) in [6.45, 7) is 7.72. The van der Waals surface area contributed by atoms with Crippen LogP contribution in [0.1, 0.15) is 38.2 Å². The van der Waals surface area contributed by atoms with Crippen LogP contribution in [0.5, 0.6) is 0 Å². The number of aromatic nitrogens is 3. The van der Waals surface area contributed by atoms with Gasteiger partial charge in [-0.1, -0.05) is 47.7 Å². The van der Waals surface area contributed by atoms with E-state index in [9.17, 15) is 24.0 Å². The van der Waals surface area contributed by atoms with Gasteiger partial charge in [0.05, 0.1) is 109 Å². The number of ether oxygens (including phenoxy) is 6. The minimum Gasteiger partial charge on any atom is -0.379 e. The molecule has 2 aromatic carbocycles. The van der Waals surface area contributed by atoms with Gasteiger partial charge in [-0.15, -0.1) is 5.10 Å². The Morgan fingerprint density at radius 2 is 1.25 bits per heavy atom. The van der Waals surface area contributed by atoms with Crippen molar-refractivity contribution >= 4 is 47.9 Å². The molecule has 1 unspecified atom stereocenters. The average molecular weight is 868 g/mol. The van der Waals surface area contributed by atoms with Crippen molar-refractivity contribution in [2.45, 2.75) is 50.9 Å². The Morgan fingerprint density at radius 1 is 0.705 bits per heavy atom. The van der Waals surface area contributed by atoms with Crippen LogP contribution in [-0.4, -0.2) is 154 Å². The van der Waals surface area contributed by atoms with Crippen molar-refractivity contribution < 1.29 is 52.4 Å². The van der Waals surface area contributed by atoms with Crippen LogP contribution in [-0.2, 0) is 65.5 Å². The van der Waals surface area contributed by atoms with E-state index in [-0.39, 0.29) is 88.1 Å². The zero-order valence-corrected chi connectivity index (χ0v) is 35.6. The molecule has 2 aliphatic heterocycles. The number of imide groups is 1. The fourth-order valence-electron chi connectivity index (χ4n) is 6.63. The normalized spacial score (nSPS) is 14.6. The number of rotatable bonds is 28. The Hall–Kier alpha value is -4.76. The predicted octanol–water partition coefficient (Wildman–Crippen LogP) is 2.04. The molecule has 0 radical (unpaired) electrons. The van der Waals surface area contributed by atoms with E-state index in [0.29, 0.717) is 84.8 Å². The number of para-hydroxylation sites is 1. The second kappa shape index (κ2) is 25.9. The second-order valence-corrected chi connectivity index (χ2v) is 14.6. The number of fused-ring (bicyclic) bond motifs is 5. The highest BCUT2D eigenvalue weighted by Crippen LogP contribution is 2.41. The third-order valence-electron chi connectivity index (χ3n) is 9.71. The maximum atomic E-state index is 13.7. The lowest BCUT2D eigenvalue weighted by atomic mass is 9.95. The first-order valence-electron chi connectivity index (χ1n) is 20.7. The molecular formula is C42H57N7O11S. The van der Waals surface area contributed by atoms with Gasteiger partial charge in [-0.25, -0.2) is 4.68 Å². The highest BCUT2D eigenvalue weighted by molar-refractivity contribution is 7.81. The summed E-state index contributed by atoms with van der Waals surface area (Å²) in [7, 11) is 0. The average Bonchev–Trinajstić information content (AvgIpc) is 3.78. The van der Waals surface area contributed by atoms with Gasteiger partial charge in [0.25, 0.3) is 0 Å². The van der Waals surface area contributed by atoms with Gasteiger partial charge in [0.2, 0.25) is 29.5 Å². The van der Waals surface area contributed by atoms with E-state index in [1.807, 2.05) is 55.5 Å². The molecule has 0 aliphatic carbocycles. The lowest BCUT2D eigenvalue weighted by Gasteiger charge is -2.28. The smallest absolute Gasteiger partial charge is 0.242 e. The summed E-state index contributed by atoms with van der Waals surface area (Å²) in [5.74, 6) is -1.10. The number of anilines is 1. The van der Waals surface area contributed by atoms with Gasteiger partial charge in [-0.2, -0.15) is 12.6 Å². The molecule has 1 saturated heterocycles.